The molecule has 8 nitrogen and oxygen atoms in total. The Labute approximate surface area is 187 Å². The Morgan fingerprint density at radius 3 is 2.88 bits per heavy atom. The molecule has 1 aliphatic rings. The van der Waals surface area contributed by atoms with Crippen LogP contribution in [0, 0.1) is 5.41 Å². The van der Waals surface area contributed by atoms with Crippen molar-refractivity contribution < 1.29 is 22.7 Å². The lowest BCUT2D eigenvalue weighted by molar-refractivity contribution is -0.137. The predicted molar refractivity (Wildman–Crippen MR) is 112 cm³/mol. The van der Waals surface area contributed by atoms with Gasteiger partial charge in [0.05, 0.1) is 34.5 Å². The monoisotopic (exact) mass is 470 g/mol. The van der Waals surface area contributed by atoms with Gasteiger partial charge in [-0.05, 0) is 25.1 Å². The van der Waals surface area contributed by atoms with Gasteiger partial charge < -0.3 is 15.0 Å². The fraction of sp³-hybridized carbons (Fsp3) is 0.400. The first-order valence-corrected chi connectivity index (χ1v) is 10.1. The van der Waals surface area contributed by atoms with Crippen LogP contribution < -0.4 is 5.32 Å². The minimum atomic E-state index is -4.66. The number of halogens is 4. The van der Waals surface area contributed by atoms with E-state index in [1.807, 2.05) is 0 Å². The molecule has 0 aliphatic carbocycles. The maximum atomic E-state index is 13.2. The number of methoxy groups -OCH3 is 1. The van der Waals surface area contributed by atoms with E-state index >= 15 is 0 Å². The van der Waals surface area contributed by atoms with Gasteiger partial charge in [-0.15, -0.1) is 5.10 Å². The van der Waals surface area contributed by atoms with Crippen LogP contribution in [0.5, 0.6) is 0 Å². The van der Waals surface area contributed by atoms with Gasteiger partial charge in [-0.1, -0.05) is 22.9 Å². The average molecular weight is 471 g/mol. The van der Waals surface area contributed by atoms with Gasteiger partial charge in [-0.2, -0.15) is 17.9 Å². The Morgan fingerprint density at radius 2 is 2.19 bits per heavy atom. The molecule has 1 amide bonds. The van der Waals surface area contributed by atoms with Gasteiger partial charge in [0.15, 0.2) is 0 Å². The molecule has 172 valence electrons. The van der Waals surface area contributed by atoms with E-state index in [2.05, 4.69) is 15.6 Å². The summed E-state index contributed by atoms with van der Waals surface area (Å²) in [7, 11) is 1.59. The van der Waals surface area contributed by atoms with Crippen molar-refractivity contribution >= 4 is 23.3 Å². The molecule has 3 rings (SSSR count). The fourth-order valence-electron chi connectivity index (χ4n) is 3.43. The van der Waals surface area contributed by atoms with Crippen LogP contribution in [0.3, 0.4) is 0 Å². The zero-order valence-electron chi connectivity index (χ0n) is 17.4. The van der Waals surface area contributed by atoms with Crippen molar-refractivity contribution in [2.45, 2.75) is 25.6 Å². The maximum Gasteiger partial charge on any atom is 0.417 e. The number of hydrogen-bond donors (Lipinski definition) is 2. The number of rotatable bonds is 6. The lowest BCUT2D eigenvalue weighted by Gasteiger charge is -2.33. The van der Waals surface area contributed by atoms with E-state index in [1.54, 1.807) is 20.2 Å². The van der Waals surface area contributed by atoms with Crippen LogP contribution in [0.25, 0.3) is 0 Å². The molecule has 1 atom stereocenters. The van der Waals surface area contributed by atoms with Crippen molar-refractivity contribution in [1.29, 1.82) is 5.41 Å². The average Bonchev–Trinajstić information content (AvgIpc) is 3.18. The Morgan fingerprint density at radius 1 is 1.44 bits per heavy atom. The minimum absolute atomic E-state index is 0.0802. The van der Waals surface area contributed by atoms with Gasteiger partial charge in [0, 0.05) is 32.8 Å². The van der Waals surface area contributed by atoms with E-state index in [4.69, 9.17) is 21.7 Å². The molecule has 32 heavy (non-hydrogen) atoms. The summed E-state index contributed by atoms with van der Waals surface area (Å²) in [6, 6.07) is 2.72. The molecule has 0 saturated heterocycles. The normalized spacial score (nSPS) is 16.3. The summed E-state index contributed by atoms with van der Waals surface area (Å²) in [6.45, 7) is 3.04. The maximum absolute atomic E-state index is 13.2. The van der Waals surface area contributed by atoms with Crippen molar-refractivity contribution in [3.05, 3.63) is 58.0 Å². The number of hydrogen-bond acceptors (Lipinski definition) is 6. The first-order valence-electron chi connectivity index (χ1n) is 9.75. The number of allylic oxidation sites excluding steroid dienone is 1. The van der Waals surface area contributed by atoms with Crippen LogP contribution in [0.1, 0.15) is 40.3 Å². The van der Waals surface area contributed by atoms with E-state index < -0.39 is 28.7 Å². The van der Waals surface area contributed by atoms with Crippen LogP contribution >= 0.6 is 11.6 Å². The smallest absolute Gasteiger partial charge is 0.388 e. The van der Waals surface area contributed by atoms with E-state index in [1.165, 1.54) is 21.7 Å². The van der Waals surface area contributed by atoms with Gasteiger partial charge in [-0.3, -0.25) is 10.2 Å². The second-order valence-corrected chi connectivity index (χ2v) is 7.47. The number of carbonyl (C=O) groups excluding carboxylic acids is 1. The Kier molecular flexibility index (Phi) is 7.19. The topological polar surface area (TPSA) is 96.1 Å². The van der Waals surface area contributed by atoms with E-state index in [0.717, 1.165) is 12.1 Å². The van der Waals surface area contributed by atoms with Crippen molar-refractivity contribution in [2.75, 3.05) is 26.8 Å². The Bertz CT molecular complexity index is 1040. The highest BCUT2D eigenvalue weighted by Crippen LogP contribution is 2.37. The summed E-state index contributed by atoms with van der Waals surface area (Å²) in [5.41, 5.74) is -0.121. The third kappa shape index (κ3) is 4.78. The summed E-state index contributed by atoms with van der Waals surface area (Å²) in [5.74, 6) is -0.539. The molecule has 0 unspecified atom stereocenters. The largest absolute Gasteiger partial charge is 0.417 e. The highest BCUT2D eigenvalue weighted by Gasteiger charge is 2.37. The van der Waals surface area contributed by atoms with E-state index in [-0.39, 0.29) is 17.9 Å². The lowest BCUT2D eigenvalue weighted by atomic mass is 10.0. The summed E-state index contributed by atoms with van der Waals surface area (Å²) in [4.78, 5) is 14.4. The molecule has 2 aromatic rings. The summed E-state index contributed by atoms with van der Waals surface area (Å²) in [5, 5.41) is 18.7. The quantitative estimate of drug-likeness (QED) is 0.384. The number of fused-ring (bicyclic) bond motifs is 1. The number of ether oxygens (including phenoxy) is 1. The molecule has 0 bridgehead atoms. The van der Waals surface area contributed by atoms with Crippen LogP contribution in [-0.2, 0) is 17.3 Å². The van der Waals surface area contributed by atoms with E-state index in [0.29, 0.717) is 31.0 Å². The van der Waals surface area contributed by atoms with Crippen LogP contribution in [0.2, 0.25) is 5.02 Å². The standard InChI is InChI=1S/C20H22ClF3N6O2/c1-12-18-15(30(28-27-18)16(25)6-8-26-9-11-32-2)7-10-29(12)19(31)13-4-3-5-14(17(13)21)20(22,23)24/h3-6,8,12,25-26H,7,9-11H2,1-2H3/b8-6-,25-16?/t12-/m0/s1. The van der Waals surface area contributed by atoms with Crippen molar-refractivity contribution in [1.82, 2.24) is 25.2 Å². The number of aromatic nitrogens is 3. The molecule has 1 aliphatic heterocycles. The third-order valence-electron chi connectivity index (χ3n) is 5.08. The van der Waals surface area contributed by atoms with Crippen LogP contribution in [-0.4, -0.2) is 58.4 Å². The molecule has 0 spiro atoms. The van der Waals surface area contributed by atoms with Gasteiger partial charge in [0.2, 0.25) is 0 Å². The zero-order chi connectivity index (χ0) is 23.5. The first kappa shape index (κ1) is 23.7. The number of nitrogens with zero attached hydrogens (tertiary/aromatic N) is 4. The van der Waals surface area contributed by atoms with Crippen LogP contribution in [0.15, 0.2) is 30.5 Å². The van der Waals surface area contributed by atoms with Gasteiger partial charge in [0.25, 0.3) is 5.91 Å². The first-order chi connectivity index (χ1) is 15.2. The summed E-state index contributed by atoms with van der Waals surface area (Å²) >= 11 is 5.93. The molecule has 1 aromatic heterocycles. The lowest BCUT2D eigenvalue weighted by Crippen LogP contribution is -2.40. The second kappa shape index (κ2) is 9.70. The molecule has 0 radical (unpaired) electrons. The highest BCUT2D eigenvalue weighted by molar-refractivity contribution is 6.34. The molecule has 0 fully saturated rings. The molecule has 0 saturated carbocycles. The minimum Gasteiger partial charge on any atom is -0.388 e. The number of benzene rings is 1. The molecular formula is C20H22ClF3N6O2. The summed E-state index contributed by atoms with van der Waals surface area (Å²) < 4.78 is 45.8. The van der Waals surface area contributed by atoms with Gasteiger partial charge in [-0.25, -0.2) is 0 Å². The van der Waals surface area contributed by atoms with Crippen molar-refractivity contribution in [3.63, 3.8) is 0 Å². The Hall–Kier alpha value is -2.92. The van der Waals surface area contributed by atoms with Crippen LogP contribution in [0.4, 0.5) is 13.2 Å². The van der Waals surface area contributed by atoms with Crippen molar-refractivity contribution in [3.8, 4) is 0 Å². The number of carbonyl (C=O) groups is 1. The number of alkyl halides is 3. The SMILES string of the molecule is COCCN/C=C\C(=N)n1nnc2c1CCN(C(=O)c1cccc(C(F)(F)F)c1Cl)[C@H]2C. The molecule has 2 heterocycles. The fourth-order valence-corrected chi connectivity index (χ4v) is 3.75. The number of nitrogens with one attached hydrogen (secondary N) is 2. The highest BCUT2D eigenvalue weighted by atomic mass is 35.5. The molecular weight excluding hydrogens is 449 g/mol. The third-order valence-corrected chi connectivity index (χ3v) is 5.49. The number of amides is 1. The second-order valence-electron chi connectivity index (χ2n) is 7.09. The van der Waals surface area contributed by atoms with E-state index in [9.17, 15) is 18.0 Å². The molecule has 1 aromatic carbocycles. The molecule has 12 heteroatoms. The van der Waals surface area contributed by atoms with Crippen molar-refractivity contribution in [2.24, 2.45) is 0 Å². The molecule has 2 N–H and O–H groups in total. The van der Waals surface area contributed by atoms with Gasteiger partial charge in [0.1, 0.15) is 11.5 Å². The zero-order valence-corrected chi connectivity index (χ0v) is 18.2. The van der Waals surface area contributed by atoms with Gasteiger partial charge >= 0.3 is 6.18 Å². The summed E-state index contributed by atoms with van der Waals surface area (Å²) in [6.07, 6.45) is -1.20. The predicted octanol–water partition coefficient (Wildman–Crippen LogP) is 3.28. The Balaban J connectivity index is 1.79.